The molecule has 6 heteroatoms. The van der Waals surface area contributed by atoms with Crippen molar-refractivity contribution >= 4 is 23.7 Å². The van der Waals surface area contributed by atoms with E-state index in [2.05, 4.69) is 0 Å². The van der Waals surface area contributed by atoms with Crippen molar-refractivity contribution in [3.05, 3.63) is 100 Å². The maximum absolute atomic E-state index is 14.5. The number of carbonyl (C=O) groups excluding carboxylic acids is 2. The first-order valence-electron chi connectivity index (χ1n) is 8.95. The van der Waals surface area contributed by atoms with E-state index >= 15 is 0 Å². The van der Waals surface area contributed by atoms with Crippen molar-refractivity contribution in [1.29, 1.82) is 0 Å². The van der Waals surface area contributed by atoms with Gasteiger partial charge in [-0.15, -0.1) is 0 Å². The third kappa shape index (κ3) is 3.12. The minimum absolute atomic E-state index is 0.0591. The summed E-state index contributed by atoms with van der Waals surface area (Å²) in [5, 5.41) is 0.440. The van der Waals surface area contributed by atoms with Gasteiger partial charge in [-0.05, 0) is 17.7 Å². The van der Waals surface area contributed by atoms with Crippen molar-refractivity contribution in [3.63, 3.8) is 0 Å². The average Bonchev–Trinajstić information content (AvgIpc) is 3.00. The van der Waals surface area contributed by atoms with E-state index in [1.807, 2.05) is 0 Å². The monoisotopic (exact) mass is 412 g/mol. The molecule has 0 amide bonds. The summed E-state index contributed by atoms with van der Waals surface area (Å²) < 4.78 is 34.4. The topological polar surface area (TPSA) is 43.4 Å². The molecular weight excluding hydrogens is 398 g/mol. The molecule has 1 aliphatic heterocycles. The number of ketones is 1. The van der Waals surface area contributed by atoms with Crippen molar-refractivity contribution in [1.82, 2.24) is 0 Å². The fourth-order valence-electron chi connectivity index (χ4n) is 3.89. The Labute approximate surface area is 170 Å². The minimum atomic E-state index is -1.73. The number of rotatable bonds is 5. The van der Waals surface area contributed by atoms with Gasteiger partial charge in [0.05, 0.1) is 0 Å². The van der Waals surface area contributed by atoms with E-state index in [0.717, 1.165) is 6.07 Å². The van der Waals surface area contributed by atoms with E-state index in [0.29, 0.717) is 28.5 Å². The summed E-state index contributed by atoms with van der Waals surface area (Å²) in [5.41, 5.74) is -0.993. The zero-order valence-corrected chi connectivity index (χ0v) is 15.8. The van der Waals surface area contributed by atoms with Crippen LogP contribution in [0.1, 0.15) is 33.8 Å². The molecule has 0 bridgehead atoms. The van der Waals surface area contributed by atoms with Crippen LogP contribution in [-0.4, -0.2) is 12.1 Å². The van der Waals surface area contributed by atoms with Crippen molar-refractivity contribution in [3.8, 4) is 5.75 Å². The molecule has 0 N–H and O–H groups in total. The molecular formula is C23H15ClF2O3. The molecule has 3 aromatic rings. The molecule has 0 aromatic heterocycles. The lowest BCUT2D eigenvalue weighted by molar-refractivity contribution is -0.109. The van der Waals surface area contributed by atoms with Gasteiger partial charge >= 0.3 is 0 Å². The Hall–Kier alpha value is -3.05. The molecule has 1 aliphatic rings. The molecule has 3 aromatic carbocycles. The lowest BCUT2D eigenvalue weighted by atomic mass is 9.72. The van der Waals surface area contributed by atoms with E-state index < -0.39 is 28.9 Å². The number of hydrogen-bond acceptors (Lipinski definition) is 3. The van der Waals surface area contributed by atoms with Crippen LogP contribution in [0.25, 0.3) is 0 Å². The first kappa shape index (κ1) is 19.3. The lowest BCUT2D eigenvalue weighted by Crippen LogP contribution is -2.43. The maximum atomic E-state index is 14.5. The molecule has 29 heavy (non-hydrogen) atoms. The van der Waals surface area contributed by atoms with Gasteiger partial charge in [0.15, 0.2) is 0 Å². The van der Waals surface area contributed by atoms with Crippen LogP contribution in [0, 0.1) is 11.6 Å². The summed E-state index contributed by atoms with van der Waals surface area (Å²) in [4.78, 5) is 25.1. The van der Waals surface area contributed by atoms with Crippen LogP contribution in [0.2, 0.25) is 5.02 Å². The second kappa shape index (κ2) is 7.41. The van der Waals surface area contributed by atoms with Gasteiger partial charge in [-0.3, -0.25) is 4.79 Å². The van der Waals surface area contributed by atoms with Gasteiger partial charge in [-0.25, -0.2) is 8.78 Å². The summed E-state index contributed by atoms with van der Waals surface area (Å²) in [6, 6.07) is 16.9. The Morgan fingerprint density at radius 3 is 2.38 bits per heavy atom. The standard InChI is InChI=1S/C23H15ClF2O3/c24-16-8-6-15(7-9-16)23(18(10-11-27)14-4-2-1-3-5-14)22(28)21-19(26)12-17(25)13-20(21)29-23/h1-9,11-13,18H,10H2/t18-,23-/m0/s1. The highest BCUT2D eigenvalue weighted by Gasteiger charge is 2.56. The Morgan fingerprint density at radius 1 is 1.03 bits per heavy atom. The van der Waals surface area contributed by atoms with Crippen LogP contribution < -0.4 is 4.74 Å². The number of Topliss-reactive ketones (excluding diaryl/α,β-unsaturated/α-hetero) is 1. The zero-order valence-electron chi connectivity index (χ0n) is 15.1. The van der Waals surface area contributed by atoms with E-state index in [9.17, 15) is 18.4 Å². The first-order valence-corrected chi connectivity index (χ1v) is 9.32. The number of benzene rings is 3. The Kier molecular flexibility index (Phi) is 4.92. The number of carbonyl (C=O) groups is 2. The number of halogens is 3. The average molecular weight is 413 g/mol. The second-order valence-electron chi connectivity index (χ2n) is 6.80. The van der Waals surface area contributed by atoms with Gasteiger partial charge in [-0.1, -0.05) is 54.1 Å². The Morgan fingerprint density at radius 2 is 1.72 bits per heavy atom. The SMILES string of the molecule is O=CC[C@@H](c1ccccc1)[C@]1(c2ccc(Cl)cc2)Oc2cc(F)cc(F)c2C1=O. The molecule has 146 valence electrons. The van der Waals surface area contributed by atoms with Gasteiger partial charge in [0.2, 0.25) is 11.4 Å². The molecule has 4 rings (SSSR count). The van der Waals surface area contributed by atoms with E-state index in [4.69, 9.17) is 16.3 Å². The molecule has 0 fully saturated rings. The first-order chi connectivity index (χ1) is 14.0. The third-order valence-electron chi connectivity index (χ3n) is 5.15. The smallest absolute Gasteiger partial charge is 0.218 e. The van der Waals surface area contributed by atoms with Gasteiger partial charge < -0.3 is 9.53 Å². The molecule has 0 saturated heterocycles. The maximum Gasteiger partial charge on any atom is 0.218 e. The van der Waals surface area contributed by atoms with Crippen LogP contribution in [-0.2, 0) is 10.4 Å². The molecule has 0 saturated carbocycles. The number of aldehydes is 1. The van der Waals surface area contributed by atoms with Gasteiger partial charge in [-0.2, -0.15) is 0 Å². The van der Waals surface area contributed by atoms with Gasteiger partial charge in [0, 0.05) is 35.1 Å². The number of hydrogen-bond donors (Lipinski definition) is 0. The van der Waals surface area contributed by atoms with Crippen LogP contribution in [0.5, 0.6) is 5.75 Å². The predicted octanol–water partition coefficient (Wildman–Crippen LogP) is 5.46. The summed E-state index contributed by atoms with van der Waals surface area (Å²) in [6.07, 6.45) is 0.627. The highest BCUT2D eigenvalue weighted by molar-refractivity contribution is 6.30. The zero-order chi connectivity index (χ0) is 20.6. The van der Waals surface area contributed by atoms with E-state index in [1.54, 1.807) is 54.6 Å². The van der Waals surface area contributed by atoms with Crippen LogP contribution in [0.4, 0.5) is 8.78 Å². The Bertz CT molecular complexity index is 1080. The fraction of sp³-hybridized carbons (Fsp3) is 0.130. The van der Waals surface area contributed by atoms with Gasteiger partial charge in [0.25, 0.3) is 0 Å². The normalized spacial score (nSPS) is 18.8. The Balaban J connectivity index is 1.99. The highest BCUT2D eigenvalue weighted by atomic mass is 35.5. The third-order valence-corrected chi connectivity index (χ3v) is 5.40. The molecule has 0 aliphatic carbocycles. The van der Waals surface area contributed by atoms with Crippen molar-refractivity contribution < 1.29 is 23.1 Å². The summed E-state index contributed by atoms with van der Waals surface area (Å²) in [7, 11) is 0. The largest absolute Gasteiger partial charge is 0.473 e. The van der Waals surface area contributed by atoms with E-state index in [-0.39, 0.29) is 17.7 Å². The number of ether oxygens (including phenoxy) is 1. The predicted molar refractivity (Wildman–Crippen MR) is 104 cm³/mol. The molecule has 2 atom stereocenters. The lowest BCUT2D eigenvalue weighted by Gasteiger charge is -2.35. The highest BCUT2D eigenvalue weighted by Crippen LogP contribution is 2.51. The number of fused-ring (bicyclic) bond motifs is 1. The van der Waals surface area contributed by atoms with E-state index in [1.165, 1.54) is 0 Å². The molecule has 0 spiro atoms. The van der Waals surface area contributed by atoms with Crippen LogP contribution >= 0.6 is 11.6 Å². The minimum Gasteiger partial charge on any atom is -0.473 e. The molecule has 1 heterocycles. The summed E-state index contributed by atoms with van der Waals surface area (Å²) in [6.45, 7) is 0. The summed E-state index contributed by atoms with van der Waals surface area (Å²) >= 11 is 6.00. The molecule has 0 unspecified atom stereocenters. The van der Waals surface area contributed by atoms with Crippen molar-refractivity contribution in [2.24, 2.45) is 0 Å². The quantitative estimate of drug-likeness (QED) is 0.522. The molecule has 3 nitrogen and oxygen atoms in total. The van der Waals surface area contributed by atoms with Crippen molar-refractivity contribution in [2.75, 3.05) is 0 Å². The van der Waals surface area contributed by atoms with Crippen LogP contribution in [0.15, 0.2) is 66.7 Å². The summed E-state index contributed by atoms with van der Waals surface area (Å²) in [5.74, 6) is -3.46. The fourth-order valence-corrected chi connectivity index (χ4v) is 4.02. The van der Waals surface area contributed by atoms with Crippen molar-refractivity contribution in [2.45, 2.75) is 17.9 Å². The van der Waals surface area contributed by atoms with Gasteiger partial charge in [0.1, 0.15) is 29.2 Å². The molecule has 0 radical (unpaired) electrons. The van der Waals surface area contributed by atoms with Crippen LogP contribution in [0.3, 0.4) is 0 Å². The second-order valence-corrected chi connectivity index (χ2v) is 7.24.